The third-order valence-corrected chi connectivity index (χ3v) is 4.15. The maximum atomic E-state index is 11.7. The summed E-state index contributed by atoms with van der Waals surface area (Å²) >= 11 is 0. The van der Waals surface area contributed by atoms with Crippen LogP contribution in [-0.2, 0) is 9.57 Å². The molecule has 2 fully saturated rings. The van der Waals surface area contributed by atoms with Crippen molar-refractivity contribution in [3.63, 3.8) is 0 Å². The molecule has 0 bridgehead atoms. The van der Waals surface area contributed by atoms with Gasteiger partial charge in [0, 0.05) is 12.1 Å². The van der Waals surface area contributed by atoms with Gasteiger partial charge in [-0.1, -0.05) is 0 Å². The van der Waals surface area contributed by atoms with Gasteiger partial charge in [0.1, 0.15) is 5.60 Å². The first kappa shape index (κ1) is 14.6. The first-order valence-electron chi connectivity index (χ1n) is 7.13. The average Bonchev–Trinajstić information content (AvgIpc) is 2.92. The van der Waals surface area contributed by atoms with Crippen LogP contribution in [0.15, 0.2) is 0 Å². The molecule has 2 rings (SSSR count). The van der Waals surface area contributed by atoms with E-state index in [9.17, 15) is 4.79 Å². The van der Waals surface area contributed by atoms with Crippen LogP contribution in [-0.4, -0.2) is 30.9 Å². The molecule has 2 aliphatic carbocycles. The standard InChI is InChI=1S/C14H26N2O3/c1-13(2,3)19-12(17)15-11-9-14(11)7-5-10(6-8-14)16-18-4/h10-11,16H,5-9H2,1-4H3,(H,15,17). The maximum Gasteiger partial charge on any atom is 0.407 e. The molecule has 0 saturated heterocycles. The van der Waals surface area contributed by atoms with Gasteiger partial charge in [0.2, 0.25) is 0 Å². The van der Waals surface area contributed by atoms with Crippen LogP contribution in [0.4, 0.5) is 4.79 Å². The molecule has 1 spiro atoms. The largest absolute Gasteiger partial charge is 0.444 e. The van der Waals surface area contributed by atoms with E-state index in [1.165, 1.54) is 0 Å². The Morgan fingerprint density at radius 1 is 1.26 bits per heavy atom. The number of amides is 1. The molecular formula is C14H26N2O3. The lowest BCUT2D eigenvalue weighted by atomic mass is 9.83. The van der Waals surface area contributed by atoms with Crippen molar-refractivity contribution < 1.29 is 14.4 Å². The van der Waals surface area contributed by atoms with Gasteiger partial charge in [-0.2, -0.15) is 5.48 Å². The summed E-state index contributed by atoms with van der Waals surface area (Å²) in [5.74, 6) is 0. The number of ether oxygens (including phenoxy) is 1. The molecule has 0 aromatic heterocycles. The summed E-state index contributed by atoms with van der Waals surface area (Å²) in [7, 11) is 1.66. The Kier molecular flexibility index (Phi) is 4.06. The summed E-state index contributed by atoms with van der Waals surface area (Å²) in [6.45, 7) is 5.66. The van der Waals surface area contributed by atoms with E-state index < -0.39 is 5.60 Å². The number of carbonyl (C=O) groups is 1. The molecule has 19 heavy (non-hydrogen) atoms. The number of hydroxylamine groups is 1. The fourth-order valence-electron chi connectivity index (χ4n) is 3.03. The second-order valence-electron chi connectivity index (χ2n) is 6.86. The monoisotopic (exact) mass is 270 g/mol. The minimum absolute atomic E-state index is 0.286. The van der Waals surface area contributed by atoms with E-state index in [0.717, 1.165) is 32.1 Å². The third-order valence-electron chi connectivity index (χ3n) is 4.15. The lowest BCUT2D eigenvalue weighted by molar-refractivity contribution is 0.0386. The highest BCUT2D eigenvalue weighted by molar-refractivity contribution is 5.68. The number of rotatable bonds is 3. The molecule has 1 amide bonds. The van der Waals surface area contributed by atoms with Crippen molar-refractivity contribution in [2.45, 2.75) is 70.6 Å². The van der Waals surface area contributed by atoms with Gasteiger partial charge in [0.15, 0.2) is 0 Å². The quantitative estimate of drug-likeness (QED) is 0.773. The van der Waals surface area contributed by atoms with Crippen molar-refractivity contribution in [3.05, 3.63) is 0 Å². The highest BCUT2D eigenvalue weighted by atomic mass is 16.6. The molecule has 2 N–H and O–H groups in total. The summed E-state index contributed by atoms with van der Waals surface area (Å²) in [5, 5.41) is 3.00. The van der Waals surface area contributed by atoms with Crippen LogP contribution >= 0.6 is 0 Å². The lowest BCUT2D eigenvalue weighted by Gasteiger charge is -2.29. The zero-order valence-corrected chi connectivity index (χ0v) is 12.4. The summed E-state index contributed by atoms with van der Waals surface area (Å²) in [6.07, 6.45) is 5.32. The maximum absolute atomic E-state index is 11.7. The molecule has 2 aliphatic rings. The Bertz CT molecular complexity index is 330. The van der Waals surface area contributed by atoms with E-state index in [2.05, 4.69) is 10.8 Å². The summed E-state index contributed by atoms with van der Waals surface area (Å²) in [5.41, 5.74) is 2.92. The van der Waals surface area contributed by atoms with E-state index >= 15 is 0 Å². The Balaban J connectivity index is 1.74. The van der Waals surface area contributed by atoms with Crippen molar-refractivity contribution in [2.75, 3.05) is 7.11 Å². The van der Waals surface area contributed by atoms with Gasteiger partial charge in [-0.05, 0) is 58.3 Å². The summed E-state index contributed by atoms with van der Waals surface area (Å²) < 4.78 is 5.30. The smallest absolute Gasteiger partial charge is 0.407 e. The minimum Gasteiger partial charge on any atom is -0.444 e. The van der Waals surface area contributed by atoms with Crippen molar-refractivity contribution >= 4 is 6.09 Å². The molecule has 0 aliphatic heterocycles. The second kappa shape index (κ2) is 5.29. The molecule has 0 aromatic rings. The predicted octanol–water partition coefficient (Wildman–Crippen LogP) is 2.36. The van der Waals surface area contributed by atoms with Gasteiger partial charge in [-0.3, -0.25) is 0 Å². The highest BCUT2D eigenvalue weighted by Gasteiger charge is 2.56. The van der Waals surface area contributed by atoms with Crippen LogP contribution in [0, 0.1) is 5.41 Å². The van der Waals surface area contributed by atoms with E-state index in [4.69, 9.17) is 9.57 Å². The van der Waals surface area contributed by atoms with Gasteiger partial charge in [-0.15, -0.1) is 0 Å². The molecule has 0 aromatic carbocycles. The molecule has 0 heterocycles. The van der Waals surface area contributed by atoms with Crippen molar-refractivity contribution in [2.24, 2.45) is 5.41 Å². The first-order chi connectivity index (χ1) is 8.85. The summed E-state index contributed by atoms with van der Waals surface area (Å²) in [6, 6.07) is 0.754. The molecule has 1 atom stereocenters. The second-order valence-corrected chi connectivity index (χ2v) is 6.86. The average molecular weight is 270 g/mol. The number of hydrogen-bond donors (Lipinski definition) is 2. The number of hydrogen-bond acceptors (Lipinski definition) is 4. The van der Waals surface area contributed by atoms with Crippen molar-refractivity contribution in [3.8, 4) is 0 Å². The van der Waals surface area contributed by atoms with Crippen LogP contribution < -0.4 is 10.8 Å². The Hall–Kier alpha value is -0.810. The molecule has 110 valence electrons. The molecule has 5 nitrogen and oxygen atoms in total. The van der Waals surface area contributed by atoms with Crippen LogP contribution in [0.25, 0.3) is 0 Å². The normalized spacial score (nSPS) is 34.1. The number of nitrogens with one attached hydrogen (secondary N) is 2. The van der Waals surface area contributed by atoms with Crippen LogP contribution in [0.3, 0.4) is 0 Å². The predicted molar refractivity (Wildman–Crippen MR) is 72.6 cm³/mol. The topological polar surface area (TPSA) is 59.6 Å². The molecule has 2 saturated carbocycles. The molecule has 0 radical (unpaired) electrons. The van der Waals surface area contributed by atoms with Crippen molar-refractivity contribution in [1.29, 1.82) is 0 Å². The van der Waals surface area contributed by atoms with Crippen molar-refractivity contribution in [1.82, 2.24) is 10.8 Å². The molecular weight excluding hydrogens is 244 g/mol. The van der Waals surface area contributed by atoms with Crippen LogP contribution in [0.1, 0.15) is 52.9 Å². The van der Waals surface area contributed by atoms with Gasteiger partial charge >= 0.3 is 6.09 Å². The van der Waals surface area contributed by atoms with E-state index in [1.54, 1.807) is 7.11 Å². The first-order valence-corrected chi connectivity index (χ1v) is 7.13. The fourth-order valence-corrected chi connectivity index (χ4v) is 3.03. The Morgan fingerprint density at radius 3 is 2.42 bits per heavy atom. The van der Waals surface area contributed by atoms with Gasteiger partial charge in [0.25, 0.3) is 0 Å². The van der Waals surface area contributed by atoms with E-state index in [0.29, 0.717) is 17.5 Å². The fraction of sp³-hybridized carbons (Fsp3) is 0.929. The van der Waals surface area contributed by atoms with Crippen LogP contribution in [0.5, 0.6) is 0 Å². The highest BCUT2D eigenvalue weighted by Crippen LogP contribution is 2.56. The zero-order chi connectivity index (χ0) is 14.1. The molecule has 5 heteroatoms. The van der Waals surface area contributed by atoms with E-state index in [-0.39, 0.29) is 6.09 Å². The third kappa shape index (κ3) is 3.83. The Labute approximate surface area is 115 Å². The van der Waals surface area contributed by atoms with Gasteiger partial charge in [0.05, 0.1) is 7.11 Å². The van der Waals surface area contributed by atoms with Gasteiger partial charge < -0.3 is 14.9 Å². The minimum atomic E-state index is -0.424. The van der Waals surface area contributed by atoms with Gasteiger partial charge in [-0.25, -0.2) is 4.79 Å². The Morgan fingerprint density at radius 2 is 1.89 bits per heavy atom. The number of alkyl carbamates (subject to hydrolysis) is 1. The van der Waals surface area contributed by atoms with E-state index in [1.807, 2.05) is 20.8 Å². The summed E-state index contributed by atoms with van der Waals surface area (Å²) in [4.78, 5) is 16.7. The zero-order valence-electron chi connectivity index (χ0n) is 12.4. The van der Waals surface area contributed by atoms with Crippen LogP contribution in [0.2, 0.25) is 0 Å². The lowest BCUT2D eigenvalue weighted by Crippen LogP contribution is -2.38. The SMILES string of the molecule is CONC1CCC2(CC1)CC2NC(=O)OC(C)(C)C. The molecule has 1 unspecified atom stereocenters. The number of carbonyl (C=O) groups excluding carboxylic acids is 1.